The summed E-state index contributed by atoms with van der Waals surface area (Å²) in [5.74, 6) is 2.00. The molecule has 0 aromatic carbocycles. The molecule has 1 saturated heterocycles. The molecule has 36 heavy (non-hydrogen) atoms. The van der Waals surface area contributed by atoms with E-state index in [1.54, 1.807) is 0 Å². The van der Waals surface area contributed by atoms with Crippen LogP contribution in [0.4, 0.5) is 19.0 Å². The van der Waals surface area contributed by atoms with Crippen LogP contribution in [0.5, 0.6) is 0 Å². The molecule has 1 aromatic heterocycles. The summed E-state index contributed by atoms with van der Waals surface area (Å²) in [6, 6.07) is 2.83. The van der Waals surface area contributed by atoms with E-state index < -0.39 is 11.7 Å². The summed E-state index contributed by atoms with van der Waals surface area (Å²) in [6.07, 6.45) is 1.55. The maximum Gasteiger partial charge on any atom is 0.417 e. The summed E-state index contributed by atoms with van der Waals surface area (Å²) < 4.78 is 43.8. The first-order chi connectivity index (χ1) is 16.9. The molecule has 2 unspecified atom stereocenters. The van der Waals surface area contributed by atoms with Gasteiger partial charge in [0.25, 0.3) is 0 Å². The first-order valence-corrected chi connectivity index (χ1v) is 13.3. The Hall–Kier alpha value is -1.94. The molecule has 4 bridgehead atoms. The zero-order valence-electron chi connectivity index (χ0n) is 21.1. The van der Waals surface area contributed by atoms with Crippen molar-refractivity contribution in [2.75, 3.05) is 38.2 Å². The first-order valence-electron chi connectivity index (χ1n) is 12.9. The van der Waals surface area contributed by atoms with Gasteiger partial charge >= 0.3 is 12.1 Å². The summed E-state index contributed by atoms with van der Waals surface area (Å²) in [5.41, 5.74) is -1.39. The topological polar surface area (TPSA) is 57.7 Å². The molecular formula is C26H35F3N4O2S. The van der Waals surface area contributed by atoms with Gasteiger partial charge in [0.15, 0.2) is 0 Å². The number of pyridine rings is 1. The van der Waals surface area contributed by atoms with Crippen LogP contribution in [0.3, 0.4) is 0 Å². The number of esters is 1. The van der Waals surface area contributed by atoms with Crippen molar-refractivity contribution in [2.24, 2.45) is 23.2 Å². The van der Waals surface area contributed by atoms with Crippen molar-refractivity contribution in [3.05, 3.63) is 23.9 Å². The standard InChI is InChI=1S/C26H35F3N4O2S/c1-24(2,33-8-6-32(7-9-33)20-5-4-19(15-30-20)26(27,28)29)22(36)31-21-17-10-16-11-18(21)14-25(12-16,13-17)23(34)35-3/h4-5,15-18,21H,6-14H2,1-3H3,(H,31,36). The number of alkyl halides is 3. The molecule has 6 nitrogen and oxygen atoms in total. The van der Waals surface area contributed by atoms with Crippen LogP contribution in [0.25, 0.3) is 0 Å². The molecule has 198 valence electrons. The van der Waals surface area contributed by atoms with E-state index in [4.69, 9.17) is 17.0 Å². The van der Waals surface area contributed by atoms with E-state index in [9.17, 15) is 18.0 Å². The molecule has 1 N–H and O–H groups in total. The Morgan fingerprint density at radius 2 is 1.75 bits per heavy atom. The van der Waals surface area contributed by atoms with Crippen LogP contribution < -0.4 is 10.2 Å². The van der Waals surface area contributed by atoms with Gasteiger partial charge in [0.05, 0.1) is 28.6 Å². The molecule has 10 heteroatoms. The SMILES string of the molecule is COC(=O)C12CC3CC(C1)C(NC(=S)C(C)(C)N1CCN(c4ccc(C(F)(F)F)cn4)CC1)C(C3)C2. The minimum absolute atomic E-state index is 0.0383. The Balaban J connectivity index is 1.19. The van der Waals surface area contributed by atoms with Crippen molar-refractivity contribution < 1.29 is 22.7 Å². The lowest BCUT2D eigenvalue weighted by molar-refractivity contribution is -0.170. The van der Waals surface area contributed by atoms with Gasteiger partial charge in [0.2, 0.25) is 0 Å². The van der Waals surface area contributed by atoms with Crippen LogP contribution in [-0.2, 0) is 15.7 Å². The monoisotopic (exact) mass is 524 g/mol. The molecule has 0 amide bonds. The molecule has 4 saturated carbocycles. The molecule has 1 aliphatic heterocycles. The third kappa shape index (κ3) is 4.48. The van der Waals surface area contributed by atoms with Crippen LogP contribution in [0, 0.1) is 23.2 Å². The molecule has 5 aliphatic rings. The molecule has 0 radical (unpaired) electrons. The van der Waals surface area contributed by atoms with Crippen molar-refractivity contribution in [1.29, 1.82) is 0 Å². The summed E-state index contributed by atoms with van der Waals surface area (Å²) in [5, 5.41) is 3.74. The maximum atomic E-state index is 12.9. The zero-order valence-corrected chi connectivity index (χ0v) is 21.9. The van der Waals surface area contributed by atoms with Gasteiger partial charge in [-0.1, -0.05) is 12.2 Å². The highest BCUT2D eigenvalue weighted by molar-refractivity contribution is 7.80. The van der Waals surface area contributed by atoms with Gasteiger partial charge in [-0.3, -0.25) is 9.69 Å². The number of hydrogen-bond acceptors (Lipinski definition) is 6. The highest BCUT2D eigenvalue weighted by Crippen LogP contribution is 2.60. The van der Waals surface area contributed by atoms with Crippen molar-refractivity contribution in [3.63, 3.8) is 0 Å². The van der Waals surface area contributed by atoms with E-state index in [2.05, 4.69) is 29.0 Å². The number of nitrogens with one attached hydrogen (secondary N) is 1. The van der Waals surface area contributed by atoms with Gasteiger partial charge in [-0.05, 0) is 75.8 Å². The van der Waals surface area contributed by atoms with Gasteiger partial charge in [-0.25, -0.2) is 4.98 Å². The summed E-state index contributed by atoms with van der Waals surface area (Å²) in [7, 11) is 1.50. The van der Waals surface area contributed by atoms with Crippen LogP contribution in [-0.4, -0.2) is 65.7 Å². The number of halogens is 3. The van der Waals surface area contributed by atoms with E-state index in [1.165, 1.54) is 13.2 Å². The second-order valence-corrected chi connectivity index (χ2v) is 12.1. The number of methoxy groups -OCH3 is 1. The molecule has 4 aliphatic carbocycles. The molecule has 0 spiro atoms. The van der Waals surface area contributed by atoms with E-state index in [-0.39, 0.29) is 16.9 Å². The van der Waals surface area contributed by atoms with Crippen LogP contribution in [0.15, 0.2) is 18.3 Å². The van der Waals surface area contributed by atoms with Crippen molar-refractivity contribution in [1.82, 2.24) is 15.2 Å². The first kappa shape index (κ1) is 25.7. The molecule has 1 aromatic rings. The number of anilines is 1. The number of ether oxygens (including phenoxy) is 1. The van der Waals surface area contributed by atoms with E-state index in [1.807, 2.05) is 4.90 Å². The fourth-order valence-electron chi connectivity index (χ4n) is 7.43. The number of aromatic nitrogens is 1. The lowest BCUT2D eigenvalue weighted by atomic mass is 9.48. The summed E-state index contributed by atoms with van der Waals surface area (Å²) in [4.78, 5) is 21.9. The average molecular weight is 525 g/mol. The minimum atomic E-state index is -4.38. The van der Waals surface area contributed by atoms with Gasteiger partial charge < -0.3 is 15.0 Å². The normalized spacial score (nSPS) is 32.4. The second-order valence-electron chi connectivity index (χ2n) is 11.7. The fourth-order valence-corrected chi connectivity index (χ4v) is 7.70. The predicted molar refractivity (Wildman–Crippen MR) is 135 cm³/mol. The number of carbonyl (C=O) groups excluding carboxylic acids is 1. The van der Waals surface area contributed by atoms with E-state index >= 15 is 0 Å². The molecular weight excluding hydrogens is 489 g/mol. The number of piperazine rings is 1. The highest BCUT2D eigenvalue weighted by Gasteiger charge is 2.59. The van der Waals surface area contributed by atoms with Gasteiger partial charge in [-0.2, -0.15) is 13.2 Å². The molecule has 2 atom stereocenters. The fraction of sp³-hybridized carbons (Fsp3) is 0.731. The average Bonchev–Trinajstić information content (AvgIpc) is 2.84. The Morgan fingerprint density at radius 3 is 2.28 bits per heavy atom. The smallest absolute Gasteiger partial charge is 0.417 e. The van der Waals surface area contributed by atoms with Crippen molar-refractivity contribution >= 4 is 29.0 Å². The van der Waals surface area contributed by atoms with Crippen molar-refractivity contribution in [2.45, 2.75) is 63.7 Å². The second kappa shape index (κ2) is 9.11. The van der Waals surface area contributed by atoms with Crippen LogP contribution in [0.1, 0.15) is 51.5 Å². The lowest BCUT2D eigenvalue weighted by Crippen LogP contribution is -2.65. The maximum absolute atomic E-state index is 12.9. The summed E-state index contributed by atoms with van der Waals surface area (Å²) in [6.45, 7) is 7.09. The molecule has 6 rings (SSSR count). The van der Waals surface area contributed by atoms with Crippen LogP contribution in [0.2, 0.25) is 0 Å². The number of thiocarbonyl (C=S) groups is 1. The Kier molecular flexibility index (Phi) is 6.51. The number of hydrogen-bond donors (Lipinski definition) is 1. The van der Waals surface area contributed by atoms with Gasteiger partial charge in [0.1, 0.15) is 5.82 Å². The van der Waals surface area contributed by atoms with Gasteiger partial charge in [-0.15, -0.1) is 0 Å². The highest BCUT2D eigenvalue weighted by atomic mass is 32.1. The Bertz CT molecular complexity index is 991. The predicted octanol–water partition coefficient (Wildman–Crippen LogP) is 4.29. The van der Waals surface area contributed by atoms with Gasteiger partial charge in [0, 0.05) is 38.4 Å². The lowest BCUT2D eigenvalue weighted by Gasteiger charge is -2.59. The number of carbonyl (C=O) groups is 1. The number of nitrogens with zero attached hydrogens (tertiary/aromatic N) is 3. The third-order valence-electron chi connectivity index (χ3n) is 9.21. The zero-order chi connectivity index (χ0) is 25.9. The molecule has 5 fully saturated rings. The third-order valence-corrected chi connectivity index (χ3v) is 9.83. The Labute approximate surface area is 215 Å². The summed E-state index contributed by atoms with van der Waals surface area (Å²) >= 11 is 5.97. The van der Waals surface area contributed by atoms with E-state index in [0.29, 0.717) is 42.7 Å². The Morgan fingerprint density at radius 1 is 1.11 bits per heavy atom. The van der Waals surface area contributed by atoms with Crippen LogP contribution >= 0.6 is 12.2 Å². The quantitative estimate of drug-likeness (QED) is 0.456. The minimum Gasteiger partial charge on any atom is -0.469 e. The molecule has 2 heterocycles. The largest absolute Gasteiger partial charge is 0.469 e. The van der Waals surface area contributed by atoms with E-state index in [0.717, 1.165) is 62.4 Å². The van der Waals surface area contributed by atoms with Crippen molar-refractivity contribution in [3.8, 4) is 0 Å². The number of rotatable bonds is 5.